The molecule has 24 heavy (non-hydrogen) atoms. The summed E-state index contributed by atoms with van der Waals surface area (Å²) in [7, 11) is 0. The number of amides is 1. The molecule has 2 aromatic rings. The van der Waals surface area contributed by atoms with Gasteiger partial charge in [0.2, 0.25) is 0 Å². The van der Waals surface area contributed by atoms with Crippen LogP contribution in [0.25, 0.3) is 5.82 Å². The molecule has 2 aromatic heterocycles. The van der Waals surface area contributed by atoms with Crippen molar-refractivity contribution in [2.24, 2.45) is 0 Å². The number of hydrogen-bond donors (Lipinski definition) is 3. The van der Waals surface area contributed by atoms with E-state index in [1.165, 1.54) is 4.68 Å². The first kappa shape index (κ1) is 16.5. The number of aromatic nitrogens is 4. The van der Waals surface area contributed by atoms with Crippen LogP contribution in [-0.4, -0.2) is 42.8 Å². The third kappa shape index (κ3) is 3.29. The summed E-state index contributed by atoms with van der Waals surface area (Å²) in [6.45, 7) is 6.89. The summed E-state index contributed by atoms with van der Waals surface area (Å²) >= 11 is 0. The molecule has 3 rings (SSSR count). The molecule has 0 aliphatic carbocycles. The van der Waals surface area contributed by atoms with Crippen molar-refractivity contribution in [2.45, 2.75) is 45.4 Å². The van der Waals surface area contributed by atoms with Crippen LogP contribution in [0.4, 0.5) is 0 Å². The molecule has 0 fully saturated rings. The molecule has 0 saturated carbocycles. The highest BCUT2D eigenvalue weighted by Crippen LogP contribution is 2.27. The van der Waals surface area contributed by atoms with E-state index in [2.05, 4.69) is 25.7 Å². The van der Waals surface area contributed by atoms with Crippen molar-refractivity contribution in [3.8, 4) is 5.82 Å². The van der Waals surface area contributed by atoms with Crippen LogP contribution < -0.4 is 10.6 Å². The summed E-state index contributed by atoms with van der Waals surface area (Å²) in [4.78, 5) is 21.2. The Bertz CT molecular complexity index is 735. The Morgan fingerprint density at radius 1 is 1.42 bits per heavy atom. The number of nitrogens with one attached hydrogen (secondary N) is 2. The van der Waals surface area contributed by atoms with Gasteiger partial charge in [-0.2, -0.15) is 5.10 Å². The van der Waals surface area contributed by atoms with Gasteiger partial charge < -0.3 is 15.7 Å². The minimum atomic E-state index is -0.714. The summed E-state index contributed by atoms with van der Waals surface area (Å²) < 4.78 is 1.47. The first-order chi connectivity index (χ1) is 11.4. The normalized spacial score (nSPS) is 17.9. The van der Waals surface area contributed by atoms with Crippen LogP contribution in [0.2, 0.25) is 0 Å². The van der Waals surface area contributed by atoms with E-state index in [1.807, 2.05) is 20.8 Å². The monoisotopic (exact) mass is 330 g/mol. The second-order valence-electron chi connectivity index (χ2n) is 6.87. The smallest absolute Gasteiger partial charge is 0.270 e. The third-order valence-electron chi connectivity index (χ3n) is 3.70. The predicted molar refractivity (Wildman–Crippen MR) is 87.7 cm³/mol. The second kappa shape index (κ2) is 6.29. The fourth-order valence-electron chi connectivity index (χ4n) is 2.70. The second-order valence-corrected chi connectivity index (χ2v) is 6.87. The highest BCUT2D eigenvalue weighted by Gasteiger charge is 2.30. The first-order valence-electron chi connectivity index (χ1n) is 7.96. The molecule has 8 heteroatoms. The number of nitrogens with zero attached hydrogens (tertiary/aromatic N) is 4. The summed E-state index contributed by atoms with van der Waals surface area (Å²) in [5, 5.41) is 21.0. The maximum atomic E-state index is 12.9. The van der Waals surface area contributed by atoms with Crippen molar-refractivity contribution in [2.75, 3.05) is 6.54 Å². The van der Waals surface area contributed by atoms with Gasteiger partial charge in [-0.3, -0.25) is 9.78 Å². The van der Waals surface area contributed by atoms with E-state index in [-0.39, 0.29) is 5.91 Å². The molecule has 0 spiro atoms. The predicted octanol–water partition coefficient (Wildman–Crippen LogP) is 0.717. The molecule has 8 nitrogen and oxygen atoms in total. The van der Waals surface area contributed by atoms with Gasteiger partial charge in [0, 0.05) is 30.0 Å². The van der Waals surface area contributed by atoms with E-state index in [0.29, 0.717) is 42.3 Å². The van der Waals surface area contributed by atoms with Gasteiger partial charge in [0.05, 0.1) is 18.0 Å². The van der Waals surface area contributed by atoms with Crippen LogP contribution in [0.1, 0.15) is 55.0 Å². The van der Waals surface area contributed by atoms with Crippen LogP contribution in [0.15, 0.2) is 18.6 Å². The van der Waals surface area contributed by atoms with Crippen LogP contribution in [0.5, 0.6) is 0 Å². The number of hydrogen-bond acceptors (Lipinski definition) is 6. The molecule has 1 aliphatic rings. The van der Waals surface area contributed by atoms with Gasteiger partial charge in [0.25, 0.3) is 5.91 Å². The number of rotatable bonds is 2. The van der Waals surface area contributed by atoms with Gasteiger partial charge in [0.15, 0.2) is 5.82 Å². The van der Waals surface area contributed by atoms with Crippen LogP contribution in [0.3, 0.4) is 0 Å². The molecular formula is C16H22N6O2. The number of fused-ring (bicyclic) bond motifs is 1. The zero-order valence-electron chi connectivity index (χ0n) is 14.1. The lowest BCUT2D eigenvalue weighted by atomic mass is 10.1. The number of aliphatic hydroxyl groups excluding tert-OH is 1. The number of aliphatic hydroxyl groups is 1. The summed E-state index contributed by atoms with van der Waals surface area (Å²) in [6.07, 6.45) is 4.48. The Labute approximate surface area is 140 Å². The Kier molecular flexibility index (Phi) is 4.33. The average molecular weight is 330 g/mol. The molecule has 128 valence electrons. The fourth-order valence-corrected chi connectivity index (χ4v) is 2.70. The van der Waals surface area contributed by atoms with Gasteiger partial charge >= 0.3 is 0 Å². The number of carbonyl (C=O) groups excluding carboxylic acids is 1. The van der Waals surface area contributed by atoms with Crippen molar-refractivity contribution in [1.82, 2.24) is 30.4 Å². The summed E-state index contributed by atoms with van der Waals surface area (Å²) in [6, 6.07) is 0. The van der Waals surface area contributed by atoms with Crippen LogP contribution >= 0.6 is 0 Å². The highest BCUT2D eigenvalue weighted by molar-refractivity contribution is 5.95. The Morgan fingerprint density at radius 2 is 2.21 bits per heavy atom. The Morgan fingerprint density at radius 3 is 2.88 bits per heavy atom. The SMILES string of the molecule is CC(C)(C)NC(=O)c1c2c(nn1-c1cnccn1)C(O)CCNC2. The van der Waals surface area contributed by atoms with E-state index in [1.54, 1.807) is 18.6 Å². The molecular weight excluding hydrogens is 308 g/mol. The van der Waals surface area contributed by atoms with Crippen molar-refractivity contribution in [1.29, 1.82) is 0 Å². The molecule has 3 heterocycles. The molecule has 1 amide bonds. The topological polar surface area (TPSA) is 105 Å². The van der Waals surface area contributed by atoms with E-state index in [9.17, 15) is 9.90 Å². The van der Waals surface area contributed by atoms with Crippen molar-refractivity contribution < 1.29 is 9.90 Å². The summed E-state index contributed by atoms with van der Waals surface area (Å²) in [5.41, 5.74) is 1.21. The van der Waals surface area contributed by atoms with Crippen LogP contribution in [0, 0.1) is 0 Å². The number of carbonyl (C=O) groups is 1. The zero-order chi connectivity index (χ0) is 17.3. The minimum Gasteiger partial charge on any atom is -0.387 e. The maximum absolute atomic E-state index is 12.9. The molecule has 0 bridgehead atoms. The summed E-state index contributed by atoms with van der Waals surface area (Å²) in [5.74, 6) is 0.189. The van der Waals surface area contributed by atoms with Gasteiger partial charge in [0.1, 0.15) is 5.69 Å². The molecule has 0 aromatic carbocycles. The third-order valence-corrected chi connectivity index (χ3v) is 3.70. The Hall–Kier alpha value is -2.32. The lowest BCUT2D eigenvalue weighted by Crippen LogP contribution is -2.42. The maximum Gasteiger partial charge on any atom is 0.270 e. The van der Waals surface area contributed by atoms with E-state index >= 15 is 0 Å². The zero-order valence-corrected chi connectivity index (χ0v) is 14.1. The molecule has 1 unspecified atom stereocenters. The van der Waals surface area contributed by atoms with Gasteiger partial charge in [-0.1, -0.05) is 0 Å². The quantitative estimate of drug-likeness (QED) is 0.749. The van der Waals surface area contributed by atoms with Gasteiger partial charge in [-0.25, -0.2) is 9.67 Å². The first-order valence-corrected chi connectivity index (χ1v) is 7.96. The van der Waals surface area contributed by atoms with Crippen molar-refractivity contribution in [3.63, 3.8) is 0 Å². The highest BCUT2D eigenvalue weighted by atomic mass is 16.3. The van der Waals surface area contributed by atoms with E-state index in [0.717, 1.165) is 0 Å². The standard InChI is InChI=1S/C16H22N6O2/c1-16(2,3)20-15(24)14-10-8-17-5-4-11(23)13(10)21-22(14)12-9-18-6-7-19-12/h6-7,9,11,17,23H,4-5,8H2,1-3H3,(H,20,24). The lowest BCUT2D eigenvalue weighted by molar-refractivity contribution is 0.0910. The Balaban J connectivity index is 2.15. The molecule has 0 radical (unpaired) electrons. The fraction of sp³-hybridized carbons (Fsp3) is 0.500. The van der Waals surface area contributed by atoms with E-state index < -0.39 is 11.6 Å². The van der Waals surface area contributed by atoms with Crippen molar-refractivity contribution >= 4 is 5.91 Å². The largest absolute Gasteiger partial charge is 0.387 e. The van der Waals surface area contributed by atoms with Gasteiger partial charge in [-0.05, 0) is 33.7 Å². The molecule has 3 N–H and O–H groups in total. The minimum absolute atomic E-state index is 0.252. The molecule has 1 atom stereocenters. The van der Waals surface area contributed by atoms with Crippen molar-refractivity contribution in [3.05, 3.63) is 35.5 Å². The van der Waals surface area contributed by atoms with Gasteiger partial charge in [-0.15, -0.1) is 0 Å². The van der Waals surface area contributed by atoms with Crippen LogP contribution in [-0.2, 0) is 6.54 Å². The molecule has 1 aliphatic heterocycles. The lowest BCUT2D eigenvalue weighted by Gasteiger charge is -2.21. The average Bonchev–Trinajstić information content (AvgIpc) is 2.81. The van der Waals surface area contributed by atoms with E-state index in [4.69, 9.17) is 0 Å². The molecule has 0 saturated heterocycles.